The van der Waals surface area contributed by atoms with E-state index in [0.29, 0.717) is 19.8 Å². The Labute approximate surface area is 173 Å². The SMILES string of the molecule is O=C1Nc2ccccc2S[C@H]1CC(=O)N1CCC[C@@H]1c1ccc2c(c1)OCCO2. The summed E-state index contributed by atoms with van der Waals surface area (Å²) in [6.45, 7) is 1.82. The van der Waals surface area contributed by atoms with Crippen LogP contribution in [0.2, 0.25) is 0 Å². The van der Waals surface area contributed by atoms with Crippen LogP contribution in [0.5, 0.6) is 11.5 Å². The van der Waals surface area contributed by atoms with Crippen molar-refractivity contribution < 1.29 is 19.1 Å². The zero-order valence-corrected chi connectivity index (χ0v) is 16.7. The predicted octanol–water partition coefficient (Wildman–Crippen LogP) is 3.62. The van der Waals surface area contributed by atoms with Gasteiger partial charge in [-0.3, -0.25) is 9.59 Å². The summed E-state index contributed by atoms with van der Waals surface area (Å²) >= 11 is 1.47. The summed E-state index contributed by atoms with van der Waals surface area (Å²) in [6, 6.07) is 13.6. The molecular formula is C22H22N2O4S. The van der Waals surface area contributed by atoms with Gasteiger partial charge in [0.15, 0.2) is 11.5 Å². The van der Waals surface area contributed by atoms with E-state index in [4.69, 9.17) is 9.47 Å². The number of amides is 2. The van der Waals surface area contributed by atoms with Crippen molar-refractivity contribution >= 4 is 29.3 Å². The quantitative estimate of drug-likeness (QED) is 0.837. The number of rotatable bonds is 3. The molecule has 0 aliphatic carbocycles. The van der Waals surface area contributed by atoms with Gasteiger partial charge in [-0.05, 0) is 42.7 Å². The molecule has 0 saturated carbocycles. The maximum Gasteiger partial charge on any atom is 0.238 e. The molecule has 1 N–H and O–H groups in total. The molecule has 6 nitrogen and oxygen atoms in total. The first-order valence-corrected chi connectivity index (χ1v) is 10.8. The van der Waals surface area contributed by atoms with E-state index >= 15 is 0 Å². The van der Waals surface area contributed by atoms with E-state index in [0.717, 1.165) is 40.5 Å². The highest BCUT2D eigenvalue weighted by atomic mass is 32.2. The number of hydrogen-bond donors (Lipinski definition) is 1. The second kappa shape index (κ2) is 7.63. The highest BCUT2D eigenvalue weighted by molar-refractivity contribution is 8.01. The van der Waals surface area contributed by atoms with E-state index in [1.807, 2.05) is 47.4 Å². The lowest BCUT2D eigenvalue weighted by Gasteiger charge is -2.29. The summed E-state index contributed by atoms with van der Waals surface area (Å²) in [6.07, 6.45) is 2.07. The zero-order chi connectivity index (χ0) is 19.8. The van der Waals surface area contributed by atoms with Crippen LogP contribution in [0.1, 0.15) is 30.9 Å². The average Bonchev–Trinajstić information content (AvgIpc) is 3.24. The summed E-state index contributed by atoms with van der Waals surface area (Å²) in [4.78, 5) is 28.5. The topological polar surface area (TPSA) is 67.9 Å². The van der Waals surface area contributed by atoms with Crippen LogP contribution < -0.4 is 14.8 Å². The number of nitrogens with zero attached hydrogens (tertiary/aromatic N) is 1. The molecule has 0 bridgehead atoms. The molecule has 2 atom stereocenters. The molecule has 3 aliphatic heterocycles. The first-order valence-electron chi connectivity index (χ1n) is 9.94. The summed E-state index contributed by atoms with van der Waals surface area (Å²) in [5.41, 5.74) is 1.88. The molecule has 7 heteroatoms. The number of para-hydroxylation sites is 1. The number of ether oxygens (including phenoxy) is 2. The number of nitrogens with one attached hydrogen (secondary N) is 1. The molecule has 0 radical (unpaired) electrons. The number of carbonyl (C=O) groups is 2. The van der Waals surface area contributed by atoms with Crippen molar-refractivity contribution in [3.63, 3.8) is 0 Å². The first-order chi connectivity index (χ1) is 14.2. The van der Waals surface area contributed by atoms with Gasteiger partial charge >= 0.3 is 0 Å². The van der Waals surface area contributed by atoms with Crippen molar-refractivity contribution in [1.29, 1.82) is 0 Å². The van der Waals surface area contributed by atoms with Gasteiger partial charge in [0.1, 0.15) is 13.2 Å². The van der Waals surface area contributed by atoms with Crippen molar-refractivity contribution in [1.82, 2.24) is 4.90 Å². The second-order valence-electron chi connectivity index (χ2n) is 7.44. The molecule has 150 valence electrons. The Morgan fingerprint density at radius 2 is 1.97 bits per heavy atom. The Hall–Kier alpha value is -2.67. The van der Waals surface area contributed by atoms with Crippen molar-refractivity contribution in [2.45, 2.75) is 35.4 Å². The predicted molar refractivity (Wildman–Crippen MR) is 110 cm³/mol. The molecule has 1 fully saturated rings. The smallest absolute Gasteiger partial charge is 0.238 e. The monoisotopic (exact) mass is 410 g/mol. The highest BCUT2D eigenvalue weighted by Gasteiger charge is 2.35. The molecule has 2 aromatic carbocycles. The molecule has 1 saturated heterocycles. The van der Waals surface area contributed by atoms with E-state index in [2.05, 4.69) is 5.32 Å². The number of carbonyl (C=O) groups excluding carboxylic acids is 2. The number of fused-ring (bicyclic) bond motifs is 2. The third kappa shape index (κ3) is 3.55. The van der Waals surface area contributed by atoms with Gasteiger partial charge < -0.3 is 19.7 Å². The van der Waals surface area contributed by atoms with Crippen LogP contribution in [0.25, 0.3) is 0 Å². The maximum atomic E-state index is 13.1. The van der Waals surface area contributed by atoms with Crippen LogP contribution >= 0.6 is 11.8 Å². The van der Waals surface area contributed by atoms with Crippen LogP contribution in [-0.4, -0.2) is 41.7 Å². The molecule has 0 unspecified atom stereocenters. The van der Waals surface area contributed by atoms with Gasteiger partial charge in [-0.1, -0.05) is 18.2 Å². The van der Waals surface area contributed by atoms with Crippen molar-refractivity contribution in [3.8, 4) is 11.5 Å². The standard InChI is InChI=1S/C22H22N2O4S/c25-21(13-20-22(26)23-15-4-1-2-6-19(15)29-20)24-9-3-5-16(24)14-7-8-17-18(12-14)28-11-10-27-17/h1-2,4,6-8,12,16,20H,3,5,9-11,13H2,(H,23,26)/t16-,20+/m1/s1. The normalized spacial score (nSPS) is 22.8. The van der Waals surface area contributed by atoms with Gasteiger partial charge in [0.2, 0.25) is 11.8 Å². The Kier molecular flexibility index (Phi) is 4.83. The van der Waals surface area contributed by atoms with Gasteiger partial charge in [-0.15, -0.1) is 11.8 Å². The van der Waals surface area contributed by atoms with E-state index in [1.54, 1.807) is 0 Å². The highest BCUT2D eigenvalue weighted by Crippen LogP contribution is 2.40. The molecule has 2 amide bonds. The number of hydrogen-bond acceptors (Lipinski definition) is 5. The summed E-state index contributed by atoms with van der Waals surface area (Å²) in [5, 5.41) is 2.52. The summed E-state index contributed by atoms with van der Waals surface area (Å²) < 4.78 is 11.3. The molecule has 3 aliphatic rings. The molecule has 29 heavy (non-hydrogen) atoms. The third-order valence-electron chi connectivity index (χ3n) is 5.59. The van der Waals surface area contributed by atoms with Crippen molar-refractivity contribution in [3.05, 3.63) is 48.0 Å². The Bertz CT molecular complexity index is 964. The fourth-order valence-corrected chi connectivity index (χ4v) is 5.28. The average molecular weight is 410 g/mol. The van der Waals surface area contributed by atoms with Crippen LogP contribution in [0.4, 0.5) is 5.69 Å². The minimum atomic E-state index is -0.404. The number of thioether (sulfide) groups is 1. The molecule has 0 spiro atoms. The number of benzene rings is 2. The third-order valence-corrected chi connectivity index (χ3v) is 6.87. The Morgan fingerprint density at radius 1 is 1.14 bits per heavy atom. The molecule has 0 aromatic heterocycles. The number of likely N-dealkylation sites (tertiary alicyclic amines) is 1. The molecule has 3 heterocycles. The Morgan fingerprint density at radius 3 is 2.86 bits per heavy atom. The maximum absolute atomic E-state index is 13.1. The lowest BCUT2D eigenvalue weighted by molar-refractivity contribution is -0.133. The summed E-state index contributed by atoms with van der Waals surface area (Å²) in [7, 11) is 0. The largest absolute Gasteiger partial charge is 0.486 e. The molecule has 5 rings (SSSR count). The van der Waals surface area contributed by atoms with E-state index in [-0.39, 0.29) is 24.3 Å². The zero-order valence-electron chi connectivity index (χ0n) is 15.9. The lowest BCUT2D eigenvalue weighted by atomic mass is 10.0. The first kappa shape index (κ1) is 18.4. The minimum absolute atomic E-state index is 0.0160. The lowest BCUT2D eigenvalue weighted by Crippen LogP contribution is -2.37. The summed E-state index contributed by atoms with van der Waals surface area (Å²) in [5.74, 6) is 1.42. The van der Waals surface area contributed by atoms with E-state index in [9.17, 15) is 9.59 Å². The van der Waals surface area contributed by atoms with Gasteiger partial charge in [-0.2, -0.15) is 0 Å². The Balaban J connectivity index is 1.31. The second-order valence-corrected chi connectivity index (χ2v) is 8.69. The van der Waals surface area contributed by atoms with Gasteiger partial charge in [0.25, 0.3) is 0 Å². The molecule has 2 aromatic rings. The van der Waals surface area contributed by atoms with Crippen molar-refractivity contribution in [2.75, 3.05) is 25.1 Å². The number of anilines is 1. The van der Waals surface area contributed by atoms with Gasteiger partial charge in [0, 0.05) is 17.9 Å². The van der Waals surface area contributed by atoms with Crippen LogP contribution in [-0.2, 0) is 9.59 Å². The van der Waals surface area contributed by atoms with E-state index in [1.165, 1.54) is 11.8 Å². The van der Waals surface area contributed by atoms with Crippen LogP contribution in [0, 0.1) is 0 Å². The molecular weight excluding hydrogens is 388 g/mol. The van der Waals surface area contributed by atoms with Crippen LogP contribution in [0.3, 0.4) is 0 Å². The fraction of sp³-hybridized carbons (Fsp3) is 0.364. The minimum Gasteiger partial charge on any atom is -0.486 e. The van der Waals surface area contributed by atoms with Gasteiger partial charge in [0.05, 0.1) is 17.0 Å². The van der Waals surface area contributed by atoms with Crippen molar-refractivity contribution in [2.24, 2.45) is 0 Å². The fourth-order valence-electron chi connectivity index (χ4n) is 4.18. The van der Waals surface area contributed by atoms with Gasteiger partial charge in [-0.25, -0.2) is 0 Å². The van der Waals surface area contributed by atoms with Crippen LogP contribution in [0.15, 0.2) is 47.4 Å². The van der Waals surface area contributed by atoms with E-state index < -0.39 is 5.25 Å².